The largest absolute Gasteiger partial charge is 0.357 e. The van der Waals surface area contributed by atoms with Crippen molar-refractivity contribution < 1.29 is 0 Å². The van der Waals surface area contributed by atoms with E-state index in [1.807, 2.05) is 35.7 Å². The second-order valence-corrected chi connectivity index (χ2v) is 5.35. The quantitative estimate of drug-likeness (QED) is 0.849. The average Bonchev–Trinajstić information content (AvgIpc) is 3.06. The molecule has 0 atom stereocenters. The Bertz CT molecular complexity index is 790. The lowest BCUT2D eigenvalue weighted by molar-refractivity contribution is 1.12. The minimum atomic E-state index is 0.491. The number of thioether (sulfide) groups is 1. The summed E-state index contributed by atoms with van der Waals surface area (Å²) in [6.07, 6.45) is 1.64. The molecule has 22 heavy (non-hydrogen) atoms. The highest BCUT2D eigenvalue weighted by Crippen LogP contribution is 2.34. The van der Waals surface area contributed by atoms with E-state index in [0.29, 0.717) is 17.2 Å². The normalized spacial score (nSPS) is 15.5. The van der Waals surface area contributed by atoms with E-state index in [1.165, 1.54) is 11.8 Å². The van der Waals surface area contributed by atoms with Crippen molar-refractivity contribution in [3.8, 4) is 6.07 Å². The molecule has 0 unspecified atom stereocenters. The summed E-state index contributed by atoms with van der Waals surface area (Å²) in [6, 6.07) is 14.0. The van der Waals surface area contributed by atoms with Gasteiger partial charge in [0.05, 0.1) is 16.4 Å². The van der Waals surface area contributed by atoms with Gasteiger partial charge in [-0.2, -0.15) is 5.26 Å². The molecule has 1 aromatic heterocycles. The van der Waals surface area contributed by atoms with E-state index in [2.05, 4.69) is 26.7 Å². The summed E-state index contributed by atoms with van der Waals surface area (Å²) in [4.78, 5) is 8.39. The molecule has 0 spiro atoms. The summed E-state index contributed by atoms with van der Waals surface area (Å²) in [5, 5.41) is 18.4. The number of anilines is 1. The van der Waals surface area contributed by atoms with Gasteiger partial charge in [-0.25, -0.2) is 9.97 Å². The predicted octanol–water partition coefficient (Wildman–Crippen LogP) is 3.05. The zero-order chi connectivity index (χ0) is 15.4. The molecular formula is C16H13N5S. The van der Waals surface area contributed by atoms with Crippen LogP contribution in [-0.2, 0) is 0 Å². The Kier molecular flexibility index (Phi) is 4.08. The molecule has 1 aliphatic rings. The molecule has 0 saturated heterocycles. The van der Waals surface area contributed by atoms with Gasteiger partial charge in [0.2, 0.25) is 5.95 Å². The van der Waals surface area contributed by atoms with Crippen molar-refractivity contribution in [2.75, 3.05) is 12.4 Å². The van der Waals surface area contributed by atoms with E-state index in [0.717, 1.165) is 16.3 Å². The molecule has 3 rings (SSSR count). The first kappa shape index (κ1) is 14.2. The Balaban J connectivity index is 1.92. The van der Waals surface area contributed by atoms with Crippen LogP contribution >= 0.6 is 11.8 Å². The molecule has 0 bridgehead atoms. The van der Waals surface area contributed by atoms with Gasteiger partial charge in [-0.1, -0.05) is 42.1 Å². The number of benzene rings is 1. The van der Waals surface area contributed by atoms with Crippen LogP contribution in [0.25, 0.3) is 11.3 Å². The Labute approximate surface area is 132 Å². The first-order chi connectivity index (χ1) is 10.8. The highest BCUT2D eigenvalue weighted by molar-refractivity contribution is 8.06. The third-order valence-corrected chi connectivity index (χ3v) is 4.00. The Morgan fingerprint density at radius 2 is 2.09 bits per heavy atom. The maximum Gasteiger partial charge on any atom is 0.222 e. The van der Waals surface area contributed by atoms with E-state index in [4.69, 9.17) is 0 Å². The summed E-state index contributed by atoms with van der Waals surface area (Å²) in [7, 11) is 1.75. The molecule has 2 aromatic rings. The maximum atomic E-state index is 9.50. The van der Waals surface area contributed by atoms with Crippen LogP contribution in [-0.4, -0.2) is 17.0 Å². The van der Waals surface area contributed by atoms with E-state index >= 15 is 0 Å². The van der Waals surface area contributed by atoms with E-state index in [9.17, 15) is 5.26 Å². The lowest BCUT2D eigenvalue weighted by Gasteiger charge is -2.08. The van der Waals surface area contributed by atoms with Crippen molar-refractivity contribution in [2.24, 2.45) is 0 Å². The molecule has 0 radical (unpaired) electrons. The number of nitrogens with one attached hydrogen (secondary N) is 2. The summed E-state index contributed by atoms with van der Waals surface area (Å²) in [6.45, 7) is 0. The fourth-order valence-electron chi connectivity index (χ4n) is 2.02. The molecule has 108 valence electrons. The first-order valence-electron chi connectivity index (χ1n) is 6.66. The van der Waals surface area contributed by atoms with Crippen LogP contribution in [0.15, 0.2) is 53.0 Å². The van der Waals surface area contributed by atoms with Crippen LogP contribution in [0.5, 0.6) is 0 Å². The standard InChI is InChI=1S/C16H13N5S/c1-18-16-19-8-7-13(21-16)12(9-17)15-20-14(10-22-15)11-5-3-2-4-6-11/h2-8,10,20H,1H3,(H,18,19,21). The smallest absolute Gasteiger partial charge is 0.222 e. The summed E-state index contributed by atoms with van der Waals surface area (Å²) < 4.78 is 0. The van der Waals surface area contributed by atoms with Crippen LogP contribution in [0.3, 0.4) is 0 Å². The monoisotopic (exact) mass is 307 g/mol. The number of allylic oxidation sites excluding steroid dienone is 1. The number of rotatable bonds is 3. The van der Waals surface area contributed by atoms with Gasteiger partial charge in [-0.15, -0.1) is 0 Å². The summed E-state index contributed by atoms with van der Waals surface area (Å²) in [5.41, 5.74) is 3.17. The van der Waals surface area contributed by atoms with Crippen molar-refractivity contribution >= 4 is 29.0 Å². The van der Waals surface area contributed by atoms with Gasteiger partial charge in [-0.05, 0) is 11.6 Å². The van der Waals surface area contributed by atoms with Crippen LogP contribution in [0.1, 0.15) is 11.3 Å². The molecule has 0 saturated carbocycles. The average molecular weight is 307 g/mol. The maximum absolute atomic E-state index is 9.50. The molecule has 2 N–H and O–H groups in total. The van der Waals surface area contributed by atoms with Crippen molar-refractivity contribution in [3.63, 3.8) is 0 Å². The number of aromatic nitrogens is 2. The fourth-order valence-corrected chi connectivity index (χ4v) is 2.89. The Morgan fingerprint density at radius 1 is 1.27 bits per heavy atom. The third-order valence-electron chi connectivity index (χ3n) is 3.10. The van der Waals surface area contributed by atoms with Crippen molar-refractivity contribution in [1.29, 1.82) is 5.26 Å². The molecule has 2 heterocycles. The number of nitriles is 1. The van der Waals surface area contributed by atoms with E-state index in [-0.39, 0.29) is 0 Å². The van der Waals surface area contributed by atoms with E-state index in [1.54, 1.807) is 19.3 Å². The van der Waals surface area contributed by atoms with E-state index < -0.39 is 0 Å². The van der Waals surface area contributed by atoms with Crippen LogP contribution in [0.2, 0.25) is 0 Å². The minimum Gasteiger partial charge on any atom is -0.357 e. The van der Waals surface area contributed by atoms with Gasteiger partial charge in [0.1, 0.15) is 11.6 Å². The molecule has 5 nitrogen and oxygen atoms in total. The number of nitrogens with zero attached hydrogens (tertiary/aromatic N) is 3. The second-order valence-electron chi connectivity index (χ2n) is 4.47. The molecule has 0 fully saturated rings. The lowest BCUT2D eigenvalue weighted by Crippen LogP contribution is -2.07. The van der Waals surface area contributed by atoms with Gasteiger partial charge < -0.3 is 10.6 Å². The molecule has 1 aromatic carbocycles. The van der Waals surface area contributed by atoms with Crippen molar-refractivity contribution in [2.45, 2.75) is 0 Å². The molecule has 0 aliphatic carbocycles. The van der Waals surface area contributed by atoms with Crippen LogP contribution < -0.4 is 10.6 Å². The summed E-state index contributed by atoms with van der Waals surface area (Å²) in [5.74, 6) is 0.491. The zero-order valence-electron chi connectivity index (χ0n) is 11.9. The molecule has 6 heteroatoms. The van der Waals surface area contributed by atoms with Crippen LogP contribution in [0.4, 0.5) is 5.95 Å². The highest BCUT2D eigenvalue weighted by atomic mass is 32.2. The van der Waals surface area contributed by atoms with Gasteiger partial charge in [0.25, 0.3) is 0 Å². The second kappa shape index (κ2) is 6.33. The van der Waals surface area contributed by atoms with Gasteiger partial charge in [0.15, 0.2) is 0 Å². The van der Waals surface area contributed by atoms with Gasteiger partial charge >= 0.3 is 0 Å². The predicted molar refractivity (Wildman–Crippen MR) is 89.3 cm³/mol. The number of hydrogen-bond acceptors (Lipinski definition) is 6. The molecular weight excluding hydrogens is 294 g/mol. The molecule has 0 amide bonds. The zero-order valence-corrected chi connectivity index (χ0v) is 12.7. The number of hydrogen-bond donors (Lipinski definition) is 2. The third kappa shape index (κ3) is 2.80. The first-order valence-corrected chi connectivity index (χ1v) is 7.54. The Hall–Kier alpha value is -2.78. The fraction of sp³-hybridized carbons (Fsp3) is 0.0625. The van der Waals surface area contributed by atoms with Crippen molar-refractivity contribution in [3.05, 3.63) is 64.3 Å². The minimum absolute atomic E-state index is 0.491. The summed E-state index contributed by atoms with van der Waals surface area (Å²) >= 11 is 1.49. The van der Waals surface area contributed by atoms with Gasteiger partial charge in [-0.3, -0.25) is 0 Å². The van der Waals surface area contributed by atoms with Gasteiger partial charge in [0, 0.05) is 18.7 Å². The lowest BCUT2D eigenvalue weighted by atomic mass is 10.1. The molecule has 1 aliphatic heterocycles. The SMILES string of the molecule is CNc1nccc(C(C#N)=C2NC(c3ccccc3)=CS2)n1. The highest BCUT2D eigenvalue weighted by Gasteiger charge is 2.18. The van der Waals surface area contributed by atoms with Crippen molar-refractivity contribution in [1.82, 2.24) is 15.3 Å². The Morgan fingerprint density at radius 3 is 2.82 bits per heavy atom. The van der Waals surface area contributed by atoms with Crippen LogP contribution in [0, 0.1) is 11.3 Å². The topological polar surface area (TPSA) is 73.6 Å².